The second-order valence-electron chi connectivity index (χ2n) is 15.1. The molecule has 11 rings (SSSR count). The molecule has 274 valence electrons. The molecule has 0 saturated carbocycles. The summed E-state index contributed by atoms with van der Waals surface area (Å²) in [6, 6.07) is 47.5. The van der Waals surface area contributed by atoms with Crippen molar-refractivity contribution in [1.29, 1.82) is 0 Å². The van der Waals surface area contributed by atoms with Crippen molar-refractivity contribution in [2.75, 3.05) is 0 Å². The van der Waals surface area contributed by atoms with E-state index in [1.807, 2.05) is 115 Å². The molecule has 3 aromatic heterocycles. The molecule has 5 nitrogen and oxygen atoms in total. The Morgan fingerprint density at radius 2 is 1.12 bits per heavy atom. The smallest absolute Gasteiger partial charge is 0.418 e. The first-order valence-electron chi connectivity index (χ1n) is 18.8. The molecule has 7 aromatic carbocycles. The summed E-state index contributed by atoms with van der Waals surface area (Å²) in [7, 11) is 0. The fraction of sp³-hybridized carbons (Fsp3) is 0.0816. The minimum Gasteiger partial charge on any atom is -0.454 e. The van der Waals surface area contributed by atoms with Crippen LogP contribution in [0.3, 0.4) is 0 Å². The van der Waals surface area contributed by atoms with Crippen LogP contribution >= 0.6 is 0 Å². The van der Waals surface area contributed by atoms with Crippen LogP contribution in [0.2, 0.25) is 0 Å². The topological polar surface area (TPSA) is 56.7 Å². The molecule has 57 heavy (non-hydrogen) atoms. The Kier molecular flexibility index (Phi) is 6.99. The first-order valence-corrected chi connectivity index (χ1v) is 18.8. The van der Waals surface area contributed by atoms with Gasteiger partial charge in [0.15, 0.2) is 23.1 Å². The summed E-state index contributed by atoms with van der Waals surface area (Å²) in [6.07, 6.45) is -4.81. The number of benzene rings is 7. The Balaban J connectivity index is 1.28. The highest BCUT2D eigenvalue weighted by molar-refractivity contribution is 6.17. The Morgan fingerprint density at radius 1 is 0.526 bits per heavy atom. The van der Waals surface area contributed by atoms with Gasteiger partial charge in [0.05, 0.1) is 16.6 Å². The van der Waals surface area contributed by atoms with Crippen molar-refractivity contribution in [2.24, 2.45) is 0 Å². The number of rotatable bonds is 4. The fourth-order valence-corrected chi connectivity index (χ4v) is 8.83. The van der Waals surface area contributed by atoms with Crippen LogP contribution in [0.25, 0.3) is 94.7 Å². The summed E-state index contributed by atoms with van der Waals surface area (Å²) in [4.78, 5) is 14.6. The van der Waals surface area contributed by atoms with Crippen molar-refractivity contribution in [3.05, 3.63) is 168 Å². The number of halogens is 3. The summed E-state index contributed by atoms with van der Waals surface area (Å²) >= 11 is 0. The summed E-state index contributed by atoms with van der Waals surface area (Å²) < 4.78 is 56.4. The standard InChI is InChI=1S/C49H31F3N4O/c1-48(2)36-22-12-9-19-30(36)33-27-40-34(25-37(33)48)31-20-10-13-23-39(31)56(40)43-38(49(50,51)52)26-35(42-32-21-11-14-24-41(32)57-44(42)43)47-54-45(28-15-5-3-6-16-28)53-46(55-47)29-17-7-4-8-18-29/h3-27H,1-2H3. The lowest BCUT2D eigenvalue weighted by Gasteiger charge is -2.21. The van der Waals surface area contributed by atoms with Crippen LogP contribution in [0.5, 0.6) is 0 Å². The van der Waals surface area contributed by atoms with E-state index in [1.54, 1.807) is 10.6 Å². The summed E-state index contributed by atoms with van der Waals surface area (Å²) in [5.74, 6) is 0.796. The molecule has 10 aromatic rings. The summed E-state index contributed by atoms with van der Waals surface area (Å²) in [6.45, 7) is 4.41. The van der Waals surface area contributed by atoms with Gasteiger partial charge in [-0.1, -0.05) is 135 Å². The zero-order valence-electron chi connectivity index (χ0n) is 30.8. The van der Waals surface area contributed by atoms with Crippen LogP contribution in [0.4, 0.5) is 13.2 Å². The van der Waals surface area contributed by atoms with Gasteiger partial charge in [-0.05, 0) is 52.6 Å². The Bertz CT molecular complexity index is 3200. The van der Waals surface area contributed by atoms with Gasteiger partial charge in [0, 0.05) is 43.7 Å². The van der Waals surface area contributed by atoms with Crippen molar-refractivity contribution in [1.82, 2.24) is 19.5 Å². The average Bonchev–Trinajstić information content (AvgIpc) is 3.85. The Labute approximate surface area is 324 Å². The van der Waals surface area contributed by atoms with Crippen LogP contribution in [-0.4, -0.2) is 19.5 Å². The molecule has 0 N–H and O–H groups in total. The van der Waals surface area contributed by atoms with Gasteiger partial charge in [-0.15, -0.1) is 0 Å². The minimum atomic E-state index is -4.81. The second kappa shape index (κ2) is 12.0. The third kappa shape index (κ3) is 4.93. The third-order valence-corrected chi connectivity index (χ3v) is 11.5. The average molecular weight is 749 g/mol. The lowest BCUT2D eigenvalue weighted by molar-refractivity contribution is -0.137. The number of nitrogens with zero attached hydrogens (tertiary/aromatic N) is 4. The molecule has 8 heteroatoms. The van der Waals surface area contributed by atoms with Crippen LogP contribution in [0.1, 0.15) is 30.5 Å². The lowest BCUT2D eigenvalue weighted by atomic mass is 9.82. The highest BCUT2D eigenvalue weighted by Crippen LogP contribution is 2.53. The molecule has 0 radical (unpaired) electrons. The first-order chi connectivity index (χ1) is 27.7. The van der Waals surface area contributed by atoms with Gasteiger partial charge >= 0.3 is 6.18 Å². The number of para-hydroxylation sites is 2. The second-order valence-corrected chi connectivity index (χ2v) is 15.1. The van der Waals surface area contributed by atoms with Crippen LogP contribution < -0.4 is 0 Å². The molecule has 0 unspecified atom stereocenters. The number of alkyl halides is 3. The third-order valence-electron chi connectivity index (χ3n) is 11.5. The van der Waals surface area contributed by atoms with E-state index in [4.69, 9.17) is 19.4 Å². The number of aromatic nitrogens is 4. The van der Waals surface area contributed by atoms with Crippen LogP contribution in [-0.2, 0) is 11.6 Å². The Hall–Kier alpha value is -7.06. The molecule has 0 saturated heterocycles. The minimum absolute atomic E-state index is 0.0882. The molecule has 1 aliphatic rings. The van der Waals surface area contributed by atoms with E-state index in [1.165, 1.54) is 11.6 Å². The predicted octanol–water partition coefficient (Wildman–Crippen LogP) is 13.2. The SMILES string of the molecule is CC1(C)c2ccccc2-c2cc3c(cc21)c1ccccc1n3-c1c(C(F)(F)F)cc(-c2nc(-c3ccccc3)nc(-c3ccccc3)n2)c2c1oc1ccccc12. The molecule has 1 aliphatic carbocycles. The van der Waals surface area contributed by atoms with E-state index < -0.39 is 11.7 Å². The van der Waals surface area contributed by atoms with Crippen LogP contribution in [0.15, 0.2) is 156 Å². The van der Waals surface area contributed by atoms with E-state index in [-0.39, 0.29) is 28.1 Å². The van der Waals surface area contributed by atoms with Gasteiger partial charge < -0.3 is 8.98 Å². The van der Waals surface area contributed by atoms with E-state index in [0.29, 0.717) is 50.2 Å². The van der Waals surface area contributed by atoms with Gasteiger partial charge in [0.1, 0.15) is 11.3 Å². The van der Waals surface area contributed by atoms with Crippen molar-refractivity contribution in [3.8, 4) is 51.0 Å². The highest BCUT2D eigenvalue weighted by atomic mass is 19.4. The number of fused-ring (bicyclic) bond motifs is 9. The zero-order chi connectivity index (χ0) is 38.6. The normalized spacial score (nSPS) is 13.5. The molecule has 3 heterocycles. The number of furan rings is 1. The number of hydrogen-bond donors (Lipinski definition) is 0. The highest BCUT2D eigenvalue weighted by Gasteiger charge is 2.40. The zero-order valence-corrected chi connectivity index (χ0v) is 30.8. The largest absolute Gasteiger partial charge is 0.454 e. The molecule has 0 atom stereocenters. The van der Waals surface area contributed by atoms with Crippen molar-refractivity contribution < 1.29 is 17.6 Å². The molecular weight excluding hydrogens is 718 g/mol. The Morgan fingerprint density at radius 3 is 1.82 bits per heavy atom. The maximum atomic E-state index is 16.0. The van der Waals surface area contributed by atoms with Gasteiger partial charge in [-0.3, -0.25) is 0 Å². The molecule has 0 fully saturated rings. The predicted molar refractivity (Wildman–Crippen MR) is 220 cm³/mol. The van der Waals surface area contributed by atoms with Gasteiger partial charge in [-0.2, -0.15) is 13.2 Å². The van der Waals surface area contributed by atoms with Crippen molar-refractivity contribution in [3.63, 3.8) is 0 Å². The van der Waals surface area contributed by atoms with Crippen LogP contribution in [0, 0.1) is 0 Å². The van der Waals surface area contributed by atoms with Crippen molar-refractivity contribution >= 4 is 43.7 Å². The summed E-state index contributed by atoms with van der Waals surface area (Å²) in [5.41, 5.74) is 6.61. The monoisotopic (exact) mass is 748 g/mol. The first kappa shape index (κ1) is 33.3. The van der Waals surface area contributed by atoms with Gasteiger partial charge in [0.2, 0.25) is 0 Å². The van der Waals surface area contributed by atoms with E-state index >= 15 is 13.2 Å². The molecule has 0 amide bonds. The van der Waals surface area contributed by atoms with Crippen molar-refractivity contribution in [2.45, 2.75) is 25.4 Å². The summed E-state index contributed by atoms with van der Waals surface area (Å²) in [5, 5.41) is 2.85. The maximum Gasteiger partial charge on any atom is 0.418 e. The molecular formula is C49H31F3N4O. The van der Waals surface area contributed by atoms with Gasteiger partial charge in [0.25, 0.3) is 0 Å². The quantitative estimate of drug-likeness (QED) is 0.180. The molecule has 0 spiro atoms. The fourth-order valence-electron chi connectivity index (χ4n) is 8.83. The molecule has 0 bridgehead atoms. The molecule has 0 aliphatic heterocycles. The lowest BCUT2D eigenvalue weighted by Crippen LogP contribution is -2.14. The van der Waals surface area contributed by atoms with Gasteiger partial charge in [-0.25, -0.2) is 15.0 Å². The maximum absolute atomic E-state index is 16.0. The number of hydrogen-bond acceptors (Lipinski definition) is 4. The van der Waals surface area contributed by atoms with E-state index in [0.717, 1.165) is 27.5 Å². The van der Waals surface area contributed by atoms with E-state index in [2.05, 4.69) is 38.1 Å². The van der Waals surface area contributed by atoms with E-state index in [9.17, 15) is 0 Å².